The quantitative estimate of drug-likeness (QED) is 0.841. The zero-order valence-corrected chi connectivity index (χ0v) is 10.4. The lowest BCUT2D eigenvalue weighted by Gasteiger charge is -1.98. The molecular weight excluding hydrogens is 218 g/mol. The van der Waals surface area contributed by atoms with Crippen molar-refractivity contribution >= 4 is 22.0 Å². The third-order valence-electron chi connectivity index (χ3n) is 1.88. The molecule has 0 spiro atoms. The summed E-state index contributed by atoms with van der Waals surface area (Å²) >= 11 is 1.59. The number of aromatic nitrogens is 1. The van der Waals surface area contributed by atoms with Gasteiger partial charge in [-0.05, 0) is 24.3 Å². The zero-order valence-electron chi connectivity index (χ0n) is 9.60. The molecule has 0 aliphatic rings. The molecule has 2 rings (SSSR count). The second-order valence-electron chi connectivity index (χ2n) is 3.06. The van der Waals surface area contributed by atoms with Gasteiger partial charge in [0.05, 0.1) is 5.00 Å². The van der Waals surface area contributed by atoms with Gasteiger partial charge in [-0.2, -0.15) is 0 Å². The molecule has 0 atom stereocenters. The highest BCUT2D eigenvalue weighted by Crippen LogP contribution is 2.21. The van der Waals surface area contributed by atoms with Gasteiger partial charge in [0.2, 0.25) is 0 Å². The molecule has 2 aromatic heterocycles. The van der Waals surface area contributed by atoms with Gasteiger partial charge in [0.15, 0.2) is 0 Å². The molecule has 4 N–H and O–H groups in total. The van der Waals surface area contributed by atoms with E-state index in [0.29, 0.717) is 0 Å². The maximum atomic E-state index is 5.66. The highest BCUT2D eigenvalue weighted by Gasteiger charge is 2.00. The normalized spacial score (nSPS) is 9.38. The summed E-state index contributed by atoms with van der Waals surface area (Å²) in [5, 5.41) is 0.837. The van der Waals surface area contributed by atoms with E-state index in [1.165, 1.54) is 4.88 Å². The average Bonchev–Trinajstić information content (AvgIpc) is 2.67. The Morgan fingerprint density at radius 2 is 1.94 bits per heavy atom. The molecule has 0 saturated heterocycles. The number of rotatable bonds is 2. The monoisotopic (exact) mass is 235 g/mol. The summed E-state index contributed by atoms with van der Waals surface area (Å²) in [5.41, 5.74) is 13.0. The van der Waals surface area contributed by atoms with Crippen LogP contribution in [0.2, 0.25) is 0 Å². The van der Waals surface area contributed by atoms with Crippen molar-refractivity contribution in [3.05, 3.63) is 41.0 Å². The van der Waals surface area contributed by atoms with Crippen molar-refractivity contribution < 1.29 is 0 Å². The van der Waals surface area contributed by atoms with Crippen LogP contribution in [0.15, 0.2) is 30.5 Å². The molecule has 0 fully saturated rings. The standard InChI is InChI=1S/C10H11N3S.C2H6/c11-7-3-4-13-8(5-7)6-9-1-2-10(12)14-9;1-2/h1-5H,6,12H2,(H2,11,13);1-2H3. The molecule has 2 aromatic rings. The first-order valence-corrected chi connectivity index (χ1v) is 6.10. The number of anilines is 2. The van der Waals surface area contributed by atoms with E-state index in [1.807, 2.05) is 32.0 Å². The van der Waals surface area contributed by atoms with Crippen molar-refractivity contribution in [3.8, 4) is 0 Å². The second kappa shape index (κ2) is 6.12. The first-order chi connectivity index (χ1) is 7.74. The Hall–Kier alpha value is -1.55. The van der Waals surface area contributed by atoms with Crippen LogP contribution in [0.3, 0.4) is 0 Å². The van der Waals surface area contributed by atoms with E-state index >= 15 is 0 Å². The van der Waals surface area contributed by atoms with Gasteiger partial charge in [-0.25, -0.2) is 0 Å². The summed E-state index contributed by atoms with van der Waals surface area (Å²) in [7, 11) is 0. The van der Waals surface area contributed by atoms with Gasteiger partial charge < -0.3 is 11.5 Å². The van der Waals surface area contributed by atoms with Crippen LogP contribution in [0, 0.1) is 0 Å². The second-order valence-corrected chi connectivity index (χ2v) is 4.26. The minimum Gasteiger partial charge on any atom is -0.399 e. The van der Waals surface area contributed by atoms with Crippen molar-refractivity contribution in [1.29, 1.82) is 0 Å². The Morgan fingerprint density at radius 3 is 2.50 bits per heavy atom. The highest BCUT2D eigenvalue weighted by molar-refractivity contribution is 7.15. The number of nitrogens with two attached hydrogens (primary N) is 2. The Balaban J connectivity index is 0.000000606. The lowest BCUT2D eigenvalue weighted by atomic mass is 10.2. The minimum atomic E-state index is 0.750. The molecular formula is C12H17N3S. The number of hydrogen-bond donors (Lipinski definition) is 2. The smallest absolute Gasteiger partial charge is 0.0859 e. The van der Waals surface area contributed by atoms with Crippen LogP contribution in [0.5, 0.6) is 0 Å². The van der Waals surface area contributed by atoms with Gasteiger partial charge in [-0.3, -0.25) is 4.98 Å². The first kappa shape index (κ1) is 12.5. The maximum Gasteiger partial charge on any atom is 0.0859 e. The molecule has 0 saturated carbocycles. The third kappa shape index (κ3) is 3.55. The topological polar surface area (TPSA) is 64.9 Å². The number of hydrogen-bond acceptors (Lipinski definition) is 4. The molecule has 86 valence electrons. The molecule has 0 aliphatic heterocycles. The summed E-state index contributed by atoms with van der Waals surface area (Å²) in [5.74, 6) is 0. The predicted molar refractivity (Wildman–Crippen MR) is 71.5 cm³/mol. The summed E-state index contributed by atoms with van der Waals surface area (Å²) in [4.78, 5) is 5.44. The van der Waals surface area contributed by atoms with Crippen molar-refractivity contribution in [2.24, 2.45) is 0 Å². The number of nitrogen functional groups attached to an aromatic ring is 2. The van der Waals surface area contributed by atoms with Crippen LogP contribution in [-0.2, 0) is 6.42 Å². The van der Waals surface area contributed by atoms with Gasteiger partial charge >= 0.3 is 0 Å². The van der Waals surface area contributed by atoms with E-state index in [1.54, 1.807) is 23.6 Å². The van der Waals surface area contributed by atoms with Gasteiger partial charge in [-0.15, -0.1) is 11.3 Å². The number of pyridine rings is 1. The summed E-state index contributed by atoms with van der Waals surface area (Å²) in [6.45, 7) is 4.00. The third-order valence-corrected chi connectivity index (χ3v) is 2.79. The molecule has 0 aliphatic carbocycles. The predicted octanol–water partition coefficient (Wildman–Crippen LogP) is 2.92. The Morgan fingerprint density at radius 1 is 1.19 bits per heavy atom. The maximum absolute atomic E-state index is 5.66. The van der Waals surface area contributed by atoms with E-state index in [0.717, 1.165) is 22.8 Å². The van der Waals surface area contributed by atoms with Crippen LogP contribution < -0.4 is 11.5 Å². The SMILES string of the molecule is CC.Nc1ccnc(Cc2ccc(N)s2)c1. The first-order valence-electron chi connectivity index (χ1n) is 5.28. The minimum absolute atomic E-state index is 0.750. The van der Waals surface area contributed by atoms with Crippen molar-refractivity contribution in [2.75, 3.05) is 11.5 Å². The molecule has 0 bridgehead atoms. The van der Waals surface area contributed by atoms with Gasteiger partial charge in [-0.1, -0.05) is 13.8 Å². The molecule has 0 aromatic carbocycles. The molecule has 0 amide bonds. The fourth-order valence-corrected chi connectivity index (χ4v) is 2.06. The van der Waals surface area contributed by atoms with Gasteiger partial charge in [0.1, 0.15) is 0 Å². The van der Waals surface area contributed by atoms with Gasteiger partial charge in [0.25, 0.3) is 0 Å². The fraction of sp³-hybridized carbons (Fsp3) is 0.250. The Labute approximate surface area is 100 Å². The highest BCUT2D eigenvalue weighted by atomic mass is 32.1. The number of thiophene rings is 1. The molecule has 2 heterocycles. The van der Waals surface area contributed by atoms with Crippen LogP contribution >= 0.6 is 11.3 Å². The summed E-state index contributed by atoms with van der Waals surface area (Å²) in [6, 6.07) is 7.60. The Kier molecular flexibility index (Phi) is 4.79. The molecule has 3 nitrogen and oxygen atoms in total. The van der Waals surface area contributed by atoms with Crippen molar-refractivity contribution in [2.45, 2.75) is 20.3 Å². The van der Waals surface area contributed by atoms with Crippen LogP contribution in [0.1, 0.15) is 24.4 Å². The lowest BCUT2D eigenvalue weighted by molar-refractivity contribution is 1.10. The molecule has 16 heavy (non-hydrogen) atoms. The van der Waals surface area contributed by atoms with Crippen LogP contribution in [0.25, 0.3) is 0 Å². The molecule has 4 heteroatoms. The van der Waals surface area contributed by atoms with E-state index in [-0.39, 0.29) is 0 Å². The Bertz CT molecular complexity index is 437. The fourth-order valence-electron chi connectivity index (χ4n) is 1.26. The average molecular weight is 235 g/mol. The summed E-state index contributed by atoms with van der Waals surface area (Å²) < 4.78 is 0. The van der Waals surface area contributed by atoms with E-state index in [4.69, 9.17) is 11.5 Å². The van der Waals surface area contributed by atoms with Gasteiger partial charge in [0, 0.05) is 28.9 Å². The van der Waals surface area contributed by atoms with Crippen molar-refractivity contribution in [1.82, 2.24) is 4.98 Å². The summed E-state index contributed by atoms with van der Waals surface area (Å²) in [6.07, 6.45) is 2.52. The van der Waals surface area contributed by atoms with Crippen molar-refractivity contribution in [3.63, 3.8) is 0 Å². The number of nitrogens with zero attached hydrogens (tertiary/aromatic N) is 1. The molecule has 0 radical (unpaired) electrons. The van der Waals surface area contributed by atoms with Crippen LogP contribution in [0.4, 0.5) is 10.7 Å². The van der Waals surface area contributed by atoms with E-state index in [9.17, 15) is 0 Å². The van der Waals surface area contributed by atoms with Crippen LogP contribution in [-0.4, -0.2) is 4.98 Å². The van der Waals surface area contributed by atoms with E-state index in [2.05, 4.69) is 4.98 Å². The molecule has 0 unspecified atom stereocenters. The van der Waals surface area contributed by atoms with E-state index < -0.39 is 0 Å². The zero-order chi connectivity index (χ0) is 12.0. The largest absolute Gasteiger partial charge is 0.399 e. The lowest BCUT2D eigenvalue weighted by Crippen LogP contribution is -1.92.